The lowest BCUT2D eigenvalue weighted by molar-refractivity contribution is 0.0917. The molecule has 0 radical (unpaired) electrons. The van der Waals surface area contributed by atoms with Gasteiger partial charge in [-0.1, -0.05) is 6.07 Å². The van der Waals surface area contributed by atoms with E-state index in [9.17, 15) is 13.2 Å². The molecule has 0 spiro atoms. The molecule has 3 aromatic rings. The second-order valence-corrected chi connectivity index (χ2v) is 7.54. The van der Waals surface area contributed by atoms with Crippen molar-refractivity contribution in [3.63, 3.8) is 0 Å². The zero-order valence-corrected chi connectivity index (χ0v) is 14.8. The Morgan fingerprint density at radius 3 is 2.69 bits per heavy atom. The van der Waals surface area contributed by atoms with Crippen LogP contribution in [0.1, 0.15) is 16.1 Å². The van der Waals surface area contributed by atoms with E-state index in [0.29, 0.717) is 5.82 Å². The minimum atomic E-state index is -3.72. The van der Waals surface area contributed by atoms with Crippen molar-refractivity contribution in [1.29, 1.82) is 0 Å². The molecule has 0 aromatic carbocycles. The van der Waals surface area contributed by atoms with E-state index in [2.05, 4.69) is 20.4 Å². The van der Waals surface area contributed by atoms with Crippen LogP contribution in [0.15, 0.2) is 52.6 Å². The van der Waals surface area contributed by atoms with Crippen molar-refractivity contribution in [2.45, 2.75) is 11.6 Å². The van der Waals surface area contributed by atoms with Crippen LogP contribution in [-0.4, -0.2) is 52.5 Å². The van der Waals surface area contributed by atoms with Gasteiger partial charge in [0.05, 0.1) is 0 Å². The molecular weight excluding hydrogens is 360 g/mol. The fourth-order valence-corrected chi connectivity index (χ4v) is 2.81. The van der Waals surface area contributed by atoms with Gasteiger partial charge in [-0.15, -0.1) is 0 Å². The van der Waals surface area contributed by atoms with Gasteiger partial charge in [-0.25, -0.2) is 27.4 Å². The highest BCUT2D eigenvalue weighted by molar-refractivity contribution is 7.88. The predicted molar refractivity (Wildman–Crippen MR) is 89.9 cm³/mol. The van der Waals surface area contributed by atoms with Crippen molar-refractivity contribution < 1.29 is 17.6 Å². The van der Waals surface area contributed by atoms with Crippen LogP contribution in [0.5, 0.6) is 0 Å². The molecule has 0 aliphatic carbocycles. The van der Waals surface area contributed by atoms with Crippen LogP contribution < -0.4 is 5.32 Å². The van der Waals surface area contributed by atoms with Crippen LogP contribution in [0.3, 0.4) is 0 Å². The minimum Gasteiger partial charge on any atom is -0.438 e. The molecule has 0 atom stereocenters. The van der Waals surface area contributed by atoms with Crippen molar-refractivity contribution in [2.24, 2.45) is 0 Å². The summed E-state index contributed by atoms with van der Waals surface area (Å²) < 4.78 is 31.6. The maximum absolute atomic E-state index is 12.1. The van der Waals surface area contributed by atoms with Crippen molar-refractivity contribution in [3.8, 4) is 5.82 Å². The Balaban J connectivity index is 1.63. The molecule has 0 saturated carbocycles. The highest BCUT2D eigenvalue weighted by Crippen LogP contribution is 2.17. The summed E-state index contributed by atoms with van der Waals surface area (Å²) in [5, 5.41) is 6.33. The molecule has 3 rings (SSSR count). The maximum Gasteiger partial charge on any atom is 0.287 e. The van der Waals surface area contributed by atoms with Crippen molar-refractivity contribution in [1.82, 2.24) is 29.4 Å². The standard InChI is InChI=1S/C15H16N6O4S/c1-20(2)26(23,24)14-6-4-12(25-14)15(22)18-8-11-3-5-13(17-7-11)21-10-16-9-19-21/h3-7,9-10H,8H2,1-2H3,(H,18,22). The Hall–Kier alpha value is -3.05. The van der Waals surface area contributed by atoms with Crippen LogP contribution in [0.2, 0.25) is 0 Å². The monoisotopic (exact) mass is 376 g/mol. The highest BCUT2D eigenvalue weighted by atomic mass is 32.2. The molecule has 0 aliphatic heterocycles. The van der Waals surface area contributed by atoms with Gasteiger partial charge in [0.15, 0.2) is 11.6 Å². The first kappa shape index (κ1) is 17.8. The summed E-state index contributed by atoms with van der Waals surface area (Å²) in [5.41, 5.74) is 0.759. The molecule has 3 heterocycles. The lowest BCUT2D eigenvalue weighted by Gasteiger charge is -2.08. The summed E-state index contributed by atoms with van der Waals surface area (Å²) in [4.78, 5) is 20.2. The topological polar surface area (TPSA) is 123 Å². The number of pyridine rings is 1. The largest absolute Gasteiger partial charge is 0.438 e. The number of hydrogen-bond acceptors (Lipinski definition) is 7. The van der Waals surface area contributed by atoms with Crippen LogP contribution in [-0.2, 0) is 16.6 Å². The number of amides is 1. The van der Waals surface area contributed by atoms with Gasteiger partial charge in [-0.2, -0.15) is 5.10 Å². The number of furan rings is 1. The fraction of sp³-hybridized carbons (Fsp3) is 0.200. The number of rotatable bonds is 6. The summed E-state index contributed by atoms with van der Waals surface area (Å²) in [7, 11) is -0.955. The first-order chi connectivity index (χ1) is 12.4. The van der Waals surface area contributed by atoms with Crippen LogP contribution >= 0.6 is 0 Å². The van der Waals surface area contributed by atoms with Gasteiger partial charge in [-0.05, 0) is 23.8 Å². The smallest absolute Gasteiger partial charge is 0.287 e. The Morgan fingerprint density at radius 2 is 2.08 bits per heavy atom. The summed E-state index contributed by atoms with van der Waals surface area (Å²) in [5.74, 6) is -0.00896. The van der Waals surface area contributed by atoms with Gasteiger partial charge in [-0.3, -0.25) is 4.79 Å². The summed E-state index contributed by atoms with van der Waals surface area (Å²) >= 11 is 0. The average Bonchev–Trinajstić information content (AvgIpc) is 3.31. The van der Waals surface area contributed by atoms with Crippen LogP contribution in [0.25, 0.3) is 5.82 Å². The SMILES string of the molecule is CN(C)S(=O)(=O)c1ccc(C(=O)NCc2ccc(-n3cncn3)nc2)o1. The van der Waals surface area contributed by atoms with E-state index >= 15 is 0 Å². The third-order valence-electron chi connectivity index (χ3n) is 3.46. The predicted octanol–water partition coefficient (Wildman–Crippen LogP) is 0.436. The van der Waals surface area contributed by atoms with Crippen molar-refractivity contribution in [2.75, 3.05) is 14.1 Å². The van der Waals surface area contributed by atoms with E-state index in [1.54, 1.807) is 18.3 Å². The summed E-state index contributed by atoms with van der Waals surface area (Å²) in [6.45, 7) is 0.208. The number of sulfonamides is 1. The number of nitrogens with zero attached hydrogens (tertiary/aromatic N) is 5. The molecule has 0 bridgehead atoms. The highest BCUT2D eigenvalue weighted by Gasteiger charge is 2.23. The Kier molecular flexibility index (Phi) is 4.82. The molecule has 0 saturated heterocycles. The summed E-state index contributed by atoms with van der Waals surface area (Å²) in [6, 6.07) is 6.09. The zero-order chi connectivity index (χ0) is 18.7. The van der Waals surface area contributed by atoms with Crippen LogP contribution in [0, 0.1) is 0 Å². The molecule has 11 heteroatoms. The van der Waals surface area contributed by atoms with Gasteiger partial charge in [0.2, 0.25) is 5.09 Å². The number of carbonyl (C=O) groups excluding carboxylic acids is 1. The maximum atomic E-state index is 12.1. The number of hydrogen-bond donors (Lipinski definition) is 1. The van der Waals surface area contributed by atoms with Gasteiger partial charge < -0.3 is 9.73 Å². The van der Waals surface area contributed by atoms with E-state index < -0.39 is 15.9 Å². The molecule has 26 heavy (non-hydrogen) atoms. The Labute approximate surface area is 149 Å². The number of carbonyl (C=O) groups is 1. The zero-order valence-electron chi connectivity index (χ0n) is 14.0. The number of aromatic nitrogens is 4. The van der Waals surface area contributed by atoms with E-state index in [4.69, 9.17) is 4.42 Å². The quantitative estimate of drug-likeness (QED) is 0.662. The summed E-state index contributed by atoms with van der Waals surface area (Å²) in [6.07, 6.45) is 4.53. The van der Waals surface area contributed by atoms with Crippen LogP contribution in [0.4, 0.5) is 0 Å². The van der Waals surface area contributed by atoms with E-state index in [0.717, 1.165) is 9.87 Å². The molecule has 0 aliphatic rings. The van der Waals surface area contributed by atoms with E-state index in [-0.39, 0.29) is 17.4 Å². The van der Waals surface area contributed by atoms with Crippen molar-refractivity contribution >= 4 is 15.9 Å². The molecule has 1 amide bonds. The third-order valence-corrected chi connectivity index (χ3v) is 5.15. The first-order valence-corrected chi connectivity index (χ1v) is 8.92. The second kappa shape index (κ2) is 7.06. The van der Waals surface area contributed by atoms with E-state index in [1.807, 2.05) is 0 Å². The second-order valence-electron chi connectivity index (χ2n) is 5.45. The minimum absolute atomic E-state index is 0.0855. The number of nitrogens with one attached hydrogen (secondary N) is 1. The molecule has 1 N–H and O–H groups in total. The normalized spacial score (nSPS) is 11.7. The lowest BCUT2D eigenvalue weighted by Crippen LogP contribution is -2.23. The fourth-order valence-electron chi connectivity index (χ4n) is 2.01. The van der Waals surface area contributed by atoms with Crippen molar-refractivity contribution in [3.05, 3.63) is 54.4 Å². The van der Waals surface area contributed by atoms with Gasteiger partial charge in [0, 0.05) is 26.8 Å². The third kappa shape index (κ3) is 3.63. The lowest BCUT2D eigenvalue weighted by atomic mass is 10.2. The average molecular weight is 376 g/mol. The van der Waals surface area contributed by atoms with E-state index in [1.165, 1.54) is 43.6 Å². The first-order valence-electron chi connectivity index (χ1n) is 7.48. The molecule has 3 aromatic heterocycles. The Bertz CT molecular complexity index is 993. The Morgan fingerprint density at radius 1 is 1.27 bits per heavy atom. The molecule has 0 fully saturated rings. The molecular formula is C15H16N6O4S. The molecule has 10 nitrogen and oxygen atoms in total. The molecule has 136 valence electrons. The molecule has 0 unspecified atom stereocenters. The van der Waals surface area contributed by atoms with Gasteiger partial charge >= 0.3 is 0 Å². The van der Waals surface area contributed by atoms with Gasteiger partial charge in [0.1, 0.15) is 12.7 Å². The van der Waals surface area contributed by atoms with Gasteiger partial charge in [0.25, 0.3) is 15.9 Å².